The second kappa shape index (κ2) is 19.4. The first-order valence-electron chi connectivity index (χ1n) is 23.8. The maximum absolute atomic E-state index is 13.6. The molecule has 8 aromatic rings. The lowest BCUT2D eigenvalue weighted by Crippen LogP contribution is -2.10. The number of allylic oxidation sites excluding steroid dienone is 6. The van der Waals surface area contributed by atoms with E-state index in [4.69, 9.17) is 18.9 Å². The van der Waals surface area contributed by atoms with Crippen LogP contribution in [0.15, 0.2) is 144 Å². The maximum Gasteiger partial charge on any atom is 0.235 e. The second-order valence-electron chi connectivity index (χ2n) is 18.4. The van der Waals surface area contributed by atoms with Gasteiger partial charge >= 0.3 is 0 Å². The monoisotopic (exact) mass is 1110 g/mol. The average Bonchev–Trinajstić information content (AvgIpc) is 4.34. The second-order valence-corrected chi connectivity index (χ2v) is 18.4. The van der Waals surface area contributed by atoms with Crippen LogP contribution in [-0.2, 0) is 0 Å². The molecule has 22 nitrogen and oxygen atoms in total. The van der Waals surface area contributed by atoms with Crippen LogP contribution in [0.25, 0.3) is 34.4 Å². The zero-order valence-corrected chi connectivity index (χ0v) is 41.2. The lowest BCUT2D eigenvalue weighted by molar-refractivity contribution is 0.100. The first-order chi connectivity index (χ1) is 39.0. The fourth-order valence-electron chi connectivity index (χ4n) is 9.29. The van der Waals surface area contributed by atoms with Gasteiger partial charge in [0.05, 0.1) is 16.7 Å². The summed E-state index contributed by atoms with van der Waals surface area (Å²) >= 11 is 0. The Bertz CT molecular complexity index is 4220. The number of carbonyl (C=O) groups excluding carboxylic acids is 4. The number of aromatic hydroxyl groups is 14. The lowest BCUT2D eigenvalue weighted by atomic mass is 9.87. The summed E-state index contributed by atoms with van der Waals surface area (Å²) in [5.41, 5.74) is -0.678. The molecule has 0 atom stereocenters. The predicted molar refractivity (Wildman–Crippen MR) is 283 cm³/mol. The summed E-state index contributed by atoms with van der Waals surface area (Å²) in [6.45, 7) is 0. The molecule has 0 aliphatic carbocycles. The Balaban J connectivity index is 0.000000172. The molecular formula is C60H36O22. The number of benzene rings is 8. The van der Waals surface area contributed by atoms with Crippen molar-refractivity contribution in [3.8, 4) is 115 Å². The number of phenols is 14. The van der Waals surface area contributed by atoms with Crippen LogP contribution in [0.4, 0.5) is 0 Å². The van der Waals surface area contributed by atoms with Gasteiger partial charge in [0.2, 0.25) is 23.1 Å². The molecule has 0 spiro atoms. The molecule has 0 amide bonds. The van der Waals surface area contributed by atoms with E-state index in [9.17, 15) is 90.7 Å². The number of hydrogen-bond donors (Lipinski definition) is 14. The van der Waals surface area contributed by atoms with Crippen LogP contribution >= 0.6 is 0 Å². The maximum atomic E-state index is 13.6. The predicted octanol–water partition coefficient (Wildman–Crippen LogP) is 8.82. The third kappa shape index (κ3) is 8.86. The van der Waals surface area contributed by atoms with Crippen molar-refractivity contribution >= 4 is 46.4 Å². The number of Topliss-reactive ketones (excluding diaryl/α,β-unsaturated/α-hetero) is 4. The van der Waals surface area contributed by atoms with E-state index in [2.05, 4.69) is 0 Å². The van der Waals surface area contributed by atoms with Gasteiger partial charge in [-0.1, -0.05) is 18.2 Å². The van der Waals surface area contributed by atoms with Gasteiger partial charge < -0.3 is 90.4 Å². The molecule has 0 saturated heterocycles. The molecular weight excluding hydrogens is 1070 g/mol. The van der Waals surface area contributed by atoms with E-state index < -0.39 is 86.2 Å². The van der Waals surface area contributed by atoms with E-state index in [1.807, 2.05) is 0 Å². The molecule has 4 aliphatic heterocycles. The summed E-state index contributed by atoms with van der Waals surface area (Å²) < 4.78 is 22.8. The normalized spacial score (nSPS) is 15.9. The van der Waals surface area contributed by atoms with Gasteiger partial charge in [0.1, 0.15) is 68.6 Å². The first kappa shape index (κ1) is 51.9. The summed E-state index contributed by atoms with van der Waals surface area (Å²) in [7, 11) is 0. The molecule has 82 heavy (non-hydrogen) atoms. The van der Waals surface area contributed by atoms with Gasteiger partial charge in [0.25, 0.3) is 0 Å². The Labute approximate surface area is 458 Å². The molecule has 408 valence electrons. The van der Waals surface area contributed by atoms with Gasteiger partial charge in [0.15, 0.2) is 69.0 Å². The average molecular weight is 1110 g/mol. The van der Waals surface area contributed by atoms with E-state index >= 15 is 0 Å². The highest BCUT2D eigenvalue weighted by atomic mass is 16.5. The highest BCUT2D eigenvalue weighted by Crippen LogP contribution is 2.53. The van der Waals surface area contributed by atoms with Gasteiger partial charge in [0, 0.05) is 47.0 Å². The van der Waals surface area contributed by atoms with Crippen molar-refractivity contribution in [2.24, 2.45) is 0 Å². The number of phenolic OH excluding ortho intramolecular Hbond substituents is 14. The van der Waals surface area contributed by atoms with Crippen LogP contribution < -0.4 is 18.9 Å². The van der Waals surface area contributed by atoms with Crippen LogP contribution in [0.3, 0.4) is 0 Å². The molecule has 14 N–H and O–H groups in total. The highest BCUT2D eigenvalue weighted by Gasteiger charge is 2.40. The van der Waals surface area contributed by atoms with Crippen molar-refractivity contribution in [2.75, 3.05) is 0 Å². The molecule has 0 radical (unpaired) electrons. The third-order valence-corrected chi connectivity index (χ3v) is 13.1. The molecule has 4 aliphatic rings. The number of ether oxygens (including phenoxy) is 4. The first-order valence-corrected chi connectivity index (χ1v) is 23.8. The van der Waals surface area contributed by atoms with E-state index in [1.165, 1.54) is 91.0 Å². The lowest BCUT2D eigenvalue weighted by Gasteiger charge is -2.18. The van der Waals surface area contributed by atoms with Crippen LogP contribution in [0.5, 0.6) is 103 Å². The zero-order chi connectivity index (χ0) is 58.3. The summed E-state index contributed by atoms with van der Waals surface area (Å²) in [4.78, 5) is 53.2. The minimum atomic E-state index is -0.802. The number of carbonyl (C=O) groups is 4. The van der Waals surface area contributed by atoms with Crippen molar-refractivity contribution in [1.82, 2.24) is 0 Å². The molecule has 0 fully saturated rings. The summed E-state index contributed by atoms with van der Waals surface area (Å²) in [5.74, 6) is -11.1. The van der Waals surface area contributed by atoms with Crippen molar-refractivity contribution in [2.45, 2.75) is 0 Å². The molecule has 0 unspecified atom stereocenters. The van der Waals surface area contributed by atoms with Crippen LogP contribution in [-0.4, -0.2) is 94.6 Å². The highest BCUT2D eigenvalue weighted by molar-refractivity contribution is 6.28. The fraction of sp³-hybridized carbons (Fsp3) is 0. The SMILES string of the molecule is O=C1/C(=C(/C(=C2/Oc3cc(O)ccc3C2=O)c2ccc(O)c(O)c2)c2ccc(O)c(O)c2)Oc2cc(O)ccc21.O=C1/C(=C/c2cc(O)c(O)c(-c3c(O)cc4c(c3O)C(=O)/C(=C/c3ccc(O)c(O)c3)O4)c2)Oc2cc(O)cc(O)c21. The molecule has 0 aromatic heterocycles. The van der Waals surface area contributed by atoms with Crippen molar-refractivity contribution < 1.29 is 110 Å². The largest absolute Gasteiger partial charge is 0.508 e. The van der Waals surface area contributed by atoms with Gasteiger partial charge in [-0.05, 0) is 107 Å². The van der Waals surface area contributed by atoms with Crippen molar-refractivity contribution in [1.29, 1.82) is 0 Å². The fourth-order valence-corrected chi connectivity index (χ4v) is 9.29. The molecule has 4 heterocycles. The van der Waals surface area contributed by atoms with E-state index in [0.29, 0.717) is 0 Å². The quantitative estimate of drug-likeness (QED) is 0.0546. The van der Waals surface area contributed by atoms with Gasteiger partial charge in [-0.15, -0.1) is 0 Å². The van der Waals surface area contributed by atoms with Crippen LogP contribution in [0.1, 0.15) is 63.7 Å². The molecule has 12 rings (SSSR count). The smallest absolute Gasteiger partial charge is 0.235 e. The zero-order valence-electron chi connectivity index (χ0n) is 41.2. The molecule has 0 bridgehead atoms. The Kier molecular flexibility index (Phi) is 12.3. The number of fused-ring (bicyclic) bond motifs is 4. The van der Waals surface area contributed by atoms with Gasteiger partial charge in [-0.2, -0.15) is 0 Å². The number of ketones is 4. The standard InChI is InChI=1S/C30H18O12.C30H18O10/c31-13-8-17(34)25-20(9-13)41-23(28(25)38)7-12-3-14(27(37)19(36)5-12)24-18(35)10-21-26(30(24)40)29(39)22(42-21)6-11-1-2-15(32)16(33)4-11;31-15-3-5-17-23(11-15)39-29(27(17)37)25(13-1-7-19(33)21(35)9-13)26(14-2-8-20(34)22(36)10-14)30-28(38)18-6-4-16(32)12-24(18)40-30/h1-10,31-37,40H;1-12,31-36H/b22-6-,23-7-;29-25-,30-26+. The molecule has 8 aromatic carbocycles. The number of rotatable bonds is 6. The summed E-state index contributed by atoms with van der Waals surface area (Å²) in [6, 6.07) is 24.3. The minimum absolute atomic E-state index is 0.0327. The van der Waals surface area contributed by atoms with Crippen molar-refractivity contribution in [3.63, 3.8) is 0 Å². The summed E-state index contributed by atoms with van der Waals surface area (Å²) in [5, 5.41) is 142. The molecule has 0 saturated carbocycles. The van der Waals surface area contributed by atoms with E-state index in [-0.39, 0.29) is 130 Å². The van der Waals surface area contributed by atoms with E-state index in [0.717, 1.165) is 42.5 Å². The number of hydrogen-bond acceptors (Lipinski definition) is 22. The Morgan fingerprint density at radius 2 is 0.756 bits per heavy atom. The Morgan fingerprint density at radius 1 is 0.305 bits per heavy atom. The van der Waals surface area contributed by atoms with Crippen molar-refractivity contribution in [3.05, 3.63) is 189 Å². The molecule has 22 heteroatoms. The minimum Gasteiger partial charge on any atom is -0.508 e. The third-order valence-electron chi connectivity index (χ3n) is 13.1. The van der Waals surface area contributed by atoms with Gasteiger partial charge in [-0.25, -0.2) is 0 Å². The Morgan fingerprint density at radius 3 is 1.28 bits per heavy atom. The van der Waals surface area contributed by atoms with E-state index in [1.54, 1.807) is 0 Å². The van der Waals surface area contributed by atoms with Crippen LogP contribution in [0, 0.1) is 0 Å². The van der Waals surface area contributed by atoms with Crippen LogP contribution in [0.2, 0.25) is 0 Å². The topological polar surface area (TPSA) is 388 Å². The summed E-state index contributed by atoms with van der Waals surface area (Å²) in [6.07, 6.45) is 2.40. The Hall–Kier alpha value is -12.2. The van der Waals surface area contributed by atoms with Gasteiger partial charge in [-0.3, -0.25) is 19.2 Å².